The molecule has 188 valence electrons. The van der Waals surface area contributed by atoms with Gasteiger partial charge < -0.3 is 5.11 Å². The van der Waals surface area contributed by atoms with Gasteiger partial charge >= 0.3 is 24.0 Å². The van der Waals surface area contributed by atoms with E-state index in [2.05, 4.69) is 0 Å². The largest absolute Gasteiger partial charge is 0.494 e. The minimum atomic E-state index is -4.75. The molecule has 1 heterocycles. The Kier molecular flexibility index (Phi) is 6.77. The highest BCUT2D eigenvalue weighted by molar-refractivity contribution is 6.30. The Morgan fingerprint density at radius 2 is 1.31 bits per heavy atom. The summed E-state index contributed by atoms with van der Waals surface area (Å²) in [5.41, 5.74) is -6.19. The van der Waals surface area contributed by atoms with Gasteiger partial charge in [0.25, 0.3) is 5.56 Å². The molecule has 2 aromatic carbocycles. The average molecular weight is 529 g/mol. The molecule has 0 aliphatic carbocycles. The Morgan fingerprint density at radius 3 is 1.86 bits per heavy atom. The van der Waals surface area contributed by atoms with Crippen LogP contribution < -0.4 is 11.2 Å². The SMILES string of the molecule is O=c1cc(O)n(C(F)(F)Cc2ccc(C(F)(F)F)cc2)c(=O)n1C(F)(F)Cc1cc(F)cc(Cl)c1. The van der Waals surface area contributed by atoms with Crippen LogP contribution in [0.4, 0.5) is 35.1 Å². The van der Waals surface area contributed by atoms with Crippen LogP contribution in [-0.4, -0.2) is 14.2 Å². The number of halogens is 9. The van der Waals surface area contributed by atoms with Crippen molar-refractivity contribution in [3.8, 4) is 5.88 Å². The fourth-order valence-corrected chi connectivity index (χ4v) is 3.56. The van der Waals surface area contributed by atoms with Crippen molar-refractivity contribution in [2.24, 2.45) is 0 Å². The van der Waals surface area contributed by atoms with E-state index in [1.165, 1.54) is 0 Å². The number of benzene rings is 2. The third-order valence-electron chi connectivity index (χ3n) is 4.78. The number of hydrogen-bond donors (Lipinski definition) is 1. The smallest absolute Gasteiger partial charge is 0.416 e. The highest BCUT2D eigenvalue weighted by atomic mass is 35.5. The van der Waals surface area contributed by atoms with E-state index in [1.54, 1.807) is 0 Å². The molecule has 0 bridgehead atoms. The third-order valence-corrected chi connectivity index (χ3v) is 4.99. The lowest BCUT2D eigenvalue weighted by atomic mass is 10.1. The van der Waals surface area contributed by atoms with Crippen molar-refractivity contribution in [3.05, 3.63) is 96.9 Å². The zero-order chi connectivity index (χ0) is 26.3. The minimum absolute atomic E-state index is 0.0471. The first-order chi connectivity index (χ1) is 16.0. The summed E-state index contributed by atoms with van der Waals surface area (Å²) in [6, 6.07) is -4.29. The van der Waals surface area contributed by atoms with Gasteiger partial charge in [0.05, 0.1) is 24.5 Å². The molecule has 0 radical (unpaired) electrons. The third kappa shape index (κ3) is 5.66. The van der Waals surface area contributed by atoms with Crippen molar-refractivity contribution in [1.29, 1.82) is 0 Å². The first-order valence-electron chi connectivity index (χ1n) is 9.47. The van der Waals surface area contributed by atoms with Gasteiger partial charge in [-0.15, -0.1) is 0 Å². The minimum Gasteiger partial charge on any atom is -0.494 e. The zero-order valence-corrected chi connectivity index (χ0v) is 17.8. The Hall–Kier alpha value is -3.35. The van der Waals surface area contributed by atoms with Crippen LogP contribution in [-0.2, 0) is 31.1 Å². The highest BCUT2D eigenvalue weighted by Gasteiger charge is 2.42. The van der Waals surface area contributed by atoms with Crippen LogP contribution in [0.5, 0.6) is 5.88 Å². The molecular weight excluding hydrogens is 516 g/mol. The summed E-state index contributed by atoms with van der Waals surface area (Å²) in [6.45, 7) is 0. The van der Waals surface area contributed by atoms with Crippen molar-refractivity contribution >= 4 is 11.6 Å². The molecule has 0 saturated heterocycles. The summed E-state index contributed by atoms with van der Waals surface area (Å²) in [5.74, 6) is -2.67. The van der Waals surface area contributed by atoms with Crippen LogP contribution >= 0.6 is 11.6 Å². The van der Waals surface area contributed by atoms with Crippen LogP contribution in [0.25, 0.3) is 0 Å². The molecule has 0 aliphatic rings. The molecule has 14 heteroatoms. The van der Waals surface area contributed by atoms with Gasteiger partial charge in [0.1, 0.15) is 5.82 Å². The second-order valence-electron chi connectivity index (χ2n) is 7.45. The van der Waals surface area contributed by atoms with Gasteiger partial charge in [-0.1, -0.05) is 23.7 Å². The molecule has 3 rings (SSSR count). The van der Waals surface area contributed by atoms with Gasteiger partial charge in [0, 0.05) is 5.02 Å². The van der Waals surface area contributed by atoms with Crippen molar-refractivity contribution < 1.29 is 40.2 Å². The second-order valence-corrected chi connectivity index (χ2v) is 7.89. The van der Waals surface area contributed by atoms with E-state index in [4.69, 9.17) is 11.6 Å². The van der Waals surface area contributed by atoms with E-state index >= 15 is 0 Å². The van der Waals surface area contributed by atoms with Crippen LogP contribution in [0.1, 0.15) is 16.7 Å². The van der Waals surface area contributed by atoms with E-state index in [0.717, 1.165) is 12.1 Å². The molecule has 0 amide bonds. The van der Waals surface area contributed by atoms with Gasteiger partial charge in [0.2, 0.25) is 5.88 Å². The van der Waals surface area contributed by atoms with Crippen LogP contribution in [0.15, 0.2) is 58.1 Å². The van der Waals surface area contributed by atoms with Crippen molar-refractivity contribution in [2.75, 3.05) is 0 Å². The molecule has 0 atom stereocenters. The zero-order valence-electron chi connectivity index (χ0n) is 17.1. The van der Waals surface area contributed by atoms with Crippen LogP contribution in [0, 0.1) is 5.82 Å². The fraction of sp³-hybridized carbons (Fsp3) is 0.238. The Morgan fingerprint density at radius 1 is 0.771 bits per heavy atom. The van der Waals surface area contributed by atoms with E-state index in [0.29, 0.717) is 30.3 Å². The normalized spacial score (nSPS) is 12.7. The monoisotopic (exact) mass is 528 g/mol. The van der Waals surface area contributed by atoms with Crippen molar-refractivity contribution in [2.45, 2.75) is 31.1 Å². The summed E-state index contributed by atoms with van der Waals surface area (Å²) in [4.78, 5) is 24.6. The maximum Gasteiger partial charge on any atom is 0.416 e. The standard InChI is InChI=1S/C21H13ClF8N2O3/c22-14-5-12(6-15(23)7-14)10-20(26,27)32-17(34)8-16(33)31(18(32)35)19(24,25)9-11-1-3-13(4-2-11)21(28,29)30/h1-8,33H,9-10H2. The molecule has 35 heavy (non-hydrogen) atoms. The highest BCUT2D eigenvalue weighted by Crippen LogP contribution is 2.32. The summed E-state index contributed by atoms with van der Waals surface area (Å²) >= 11 is 5.59. The Labute approximate surface area is 195 Å². The predicted molar refractivity (Wildman–Crippen MR) is 107 cm³/mol. The number of alkyl halides is 7. The maximum absolute atomic E-state index is 14.9. The summed E-state index contributed by atoms with van der Waals surface area (Å²) in [5, 5.41) is 9.52. The summed E-state index contributed by atoms with van der Waals surface area (Å²) in [6.07, 6.45) is -7.72. The predicted octanol–water partition coefficient (Wildman–Crippen LogP) is 5.11. The molecule has 3 aromatic rings. The molecule has 0 unspecified atom stereocenters. The lowest BCUT2D eigenvalue weighted by molar-refractivity contribution is -0.137. The van der Waals surface area contributed by atoms with Crippen molar-refractivity contribution in [3.63, 3.8) is 0 Å². The molecule has 0 aliphatic heterocycles. The fourth-order valence-electron chi connectivity index (χ4n) is 3.31. The van der Waals surface area contributed by atoms with Gasteiger partial charge in [-0.2, -0.15) is 35.3 Å². The van der Waals surface area contributed by atoms with Crippen molar-refractivity contribution in [1.82, 2.24) is 9.13 Å². The molecule has 5 nitrogen and oxygen atoms in total. The van der Waals surface area contributed by atoms with Gasteiger partial charge in [-0.3, -0.25) is 4.79 Å². The Balaban J connectivity index is 2.03. The van der Waals surface area contributed by atoms with Crippen LogP contribution in [0.3, 0.4) is 0 Å². The molecule has 0 fully saturated rings. The molecule has 1 N–H and O–H groups in total. The van der Waals surface area contributed by atoms with Gasteiger partial charge in [-0.05, 0) is 41.5 Å². The Bertz CT molecular complexity index is 1340. The first-order valence-corrected chi connectivity index (χ1v) is 9.85. The topological polar surface area (TPSA) is 64.2 Å². The number of aromatic nitrogens is 2. The molecule has 0 spiro atoms. The average Bonchev–Trinajstić information content (AvgIpc) is 2.64. The quantitative estimate of drug-likeness (QED) is 0.452. The van der Waals surface area contributed by atoms with Gasteiger partial charge in [-0.25, -0.2) is 13.8 Å². The first kappa shape index (κ1) is 26.3. The number of rotatable bonds is 6. The lowest BCUT2D eigenvalue weighted by Crippen LogP contribution is -2.51. The van der Waals surface area contributed by atoms with E-state index in [1.807, 2.05) is 0 Å². The van der Waals surface area contributed by atoms with Gasteiger partial charge in [0.15, 0.2) is 0 Å². The molecule has 1 aromatic heterocycles. The number of aromatic hydroxyl groups is 1. The lowest BCUT2D eigenvalue weighted by Gasteiger charge is -2.24. The number of nitrogens with zero attached hydrogens (tertiary/aromatic N) is 2. The summed E-state index contributed by atoms with van der Waals surface area (Å²) < 4.78 is 109. The number of hydrogen-bond acceptors (Lipinski definition) is 3. The van der Waals surface area contributed by atoms with E-state index < -0.39 is 79.9 Å². The summed E-state index contributed by atoms with van der Waals surface area (Å²) in [7, 11) is 0. The van der Waals surface area contributed by atoms with Crippen LogP contribution in [0.2, 0.25) is 5.02 Å². The second kappa shape index (κ2) is 9.02. The molecule has 0 saturated carbocycles. The van der Waals surface area contributed by atoms with E-state index in [9.17, 15) is 49.8 Å². The van der Waals surface area contributed by atoms with E-state index in [-0.39, 0.29) is 11.1 Å². The maximum atomic E-state index is 14.9. The molecular formula is C21H13ClF8N2O3.